The molecule has 5 nitrogen and oxygen atoms in total. The predicted molar refractivity (Wildman–Crippen MR) is 114 cm³/mol. The number of carbonyl (C=O) groups excluding carboxylic acids is 2. The van der Waals surface area contributed by atoms with Crippen molar-refractivity contribution in [2.24, 2.45) is 17.3 Å². The number of hydrogen-bond donors (Lipinski definition) is 1. The largest absolute Gasteiger partial charge is 0.455 e. The highest BCUT2D eigenvalue weighted by Gasteiger charge is 2.61. The molecule has 30 heavy (non-hydrogen) atoms. The third-order valence-corrected chi connectivity index (χ3v) is 8.03. The van der Waals surface area contributed by atoms with Gasteiger partial charge in [0, 0.05) is 11.7 Å². The summed E-state index contributed by atoms with van der Waals surface area (Å²) in [6.07, 6.45) is 10.4. The van der Waals surface area contributed by atoms with E-state index in [-0.39, 0.29) is 24.5 Å². The standard InChI is InChI=1S/C25H33NO4/c27-22(26(20-7-3-1-4-8-20)21-9-5-2-6-10-21)16-30-23(28)24-12-18-11-19(13-24)15-25(29,14-18)17-24/h1,3-4,7-8,18-19,21,29H,2,5-6,9-17H2/t18-,19+,24?,25?. The van der Waals surface area contributed by atoms with Crippen molar-refractivity contribution < 1.29 is 19.4 Å². The second-order valence-corrected chi connectivity index (χ2v) is 10.4. The second-order valence-electron chi connectivity index (χ2n) is 10.4. The monoisotopic (exact) mass is 411 g/mol. The third kappa shape index (κ3) is 3.66. The highest BCUT2D eigenvalue weighted by Crippen LogP contribution is 2.62. The molecule has 1 amide bonds. The summed E-state index contributed by atoms with van der Waals surface area (Å²) in [6.45, 7) is -0.209. The van der Waals surface area contributed by atoms with Gasteiger partial charge in [0.25, 0.3) is 5.91 Å². The number of para-hydroxylation sites is 1. The Morgan fingerprint density at radius 3 is 2.30 bits per heavy atom. The zero-order valence-electron chi connectivity index (χ0n) is 17.7. The van der Waals surface area contributed by atoms with Crippen LogP contribution in [-0.2, 0) is 14.3 Å². The number of anilines is 1. The van der Waals surface area contributed by atoms with Crippen LogP contribution in [0, 0.1) is 17.3 Å². The molecule has 2 unspecified atom stereocenters. The van der Waals surface area contributed by atoms with Gasteiger partial charge in [0.15, 0.2) is 6.61 Å². The Morgan fingerprint density at radius 1 is 1.00 bits per heavy atom. The van der Waals surface area contributed by atoms with E-state index < -0.39 is 11.0 Å². The molecule has 0 radical (unpaired) electrons. The minimum Gasteiger partial charge on any atom is -0.455 e. The van der Waals surface area contributed by atoms with E-state index in [9.17, 15) is 14.7 Å². The minimum absolute atomic E-state index is 0.134. The Morgan fingerprint density at radius 2 is 1.67 bits per heavy atom. The zero-order chi connectivity index (χ0) is 20.8. The van der Waals surface area contributed by atoms with Gasteiger partial charge in [-0.25, -0.2) is 0 Å². The van der Waals surface area contributed by atoms with Gasteiger partial charge in [-0.05, 0) is 75.3 Å². The molecule has 0 heterocycles. The minimum atomic E-state index is -0.703. The Hall–Kier alpha value is -1.88. The van der Waals surface area contributed by atoms with Crippen molar-refractivity contribution in [1.29, 1.82) is 0 Å². The summed E-state index contributed by atoms with van der Waals surface area (Å²) in [5.74, 6) is 0.440. The lowest BCUT2D eigenvalue weighted by Gasteiger charge is -2.58. The van der Waals surface area contributed by atoms with Gasteiger partial charge in [0.2, 0.25) is 0 Å². The molecule has 5 fully saturated rings. The maximum Gasteiger partial charge on any atom is 0.312 e. The summed E-state index contributed by atoms with van der Waals surface area (Å²) in [6, 6.07) is 9.94. The summed E-state index contributed by atoms with van der Waals surface area (Å²) in [5.41, 5.74) is -0.401. The summed E-state index contributed by atoms with van der Waals surface area (Å²) in [7, 11) is 0. The molecular weight excluding hydrogens is 378 g/mol. The van der Waals surface area contributed by atoms with E-state index in [2.05, 4.69) is 0 Å². The van der Waals surface area contributed by atoms with Crippen LogP contribution in [0.1, 0.15) is 70.6 Å². The van der Waals surface area contributed by atoms with Crippen LogP contribution in [0.25, 0.3) is 0 Å². The van der Waals surface area contributed by atoms with Crippen LogP contribution in [-0.4, -0.2) is 35.2 Å². The van der Waals surface area contributed by atoms with E-state index in [4.69, 9.17) is 4.74 Å². The molecule has 5 aliphatic rings. The summed E-state index contributed by atoms with van der Waals surface area (Å²) >= 11 is 0. The van der Waals surface area contributed by atoms with Crippen molar-refractivity contribution in [3.63, 3.8) is 0 Å². The van der Waals surface area contributed by atoms with Crippen molar-refractivity contribution >= 4 is 17.6 Å². The highest BCUT2D eigenvalue weighted by atomic mass is 16.5. The maximum atomic E-state index is 13.2. The van der Waals surface area contributed by atoms with Crippen molar-refractivity contribution in [1.82, 2.24) is 0 Å². The molecule has 5 heteroatoms. The molecular formula is C25H33NO4. The summed E-state index contributed by atoms with van der Waals surface area (Å²) in [4.78, 5) is 28.3. The smallest absolute Gasteiger partial charge is 0.312 e. The average Bonchev–Trinajstić information content (AvgIpc) is 2.72. The van der Waals surface area contributed by atoms with Gasteiger partial charge in [0.05, 0.1) is 11.0 Å². The average molecular weight is 412 g/mol. The quantitative estimate of drug-likeness (QED) is 0.737. The normalized spacial score (nSPS) is 35.2. The van der Waals surface area contributed by atoms with E-state index in [1.54, 1.807) is 0 Å². The van der Waals surface area contributed by atoms with Crippen LogP contribution in [0.4, 0.5) is 5.69 Å². The van der Waals surface area contributed by atoms with E-state index in [1.165, 1.54) is 6.42 Å². The molecule has 6 rings (SSSR count). The molecule has 0 spiro atoms. The number of carbonyl (C=O) groups is 2. The van der Waals surface area contributed by atoms with Crippen LogP contribution in [0.3, 0.4) is 0 Å². The van der Waals surface area contributed by atoms with Gasteiger partial charge in [-0.3, -0.25) is 9.59 Å². The third-order valence-electron chi connectivity index (χ3n) is 8.03. The van der Waals surface area contributed by atoms with Gasteiger partial charge < -0.3 is 14.7 Å². The molecule has 5 aliphatic carbocycles. The Labute approximate surface area is 178 Å². The van der Waals surface area contributed by atoms with Crippen LogP contribution in [0.2, 0.25) is 0 Å². The molecule has 4 bridgehead atoms. The van der Waals surface area contributed by atoms with E-state index in [0.29, 0.717) is 18.3 Å². The summed E-state index contributed by atoms with van der Waals surface area (Å²) in [5, 5.41) is 10.9. The number of nitrogens with zero attached hydrogens (tertiary/aromatic N) is 1. The summed E-state index contributed by atoms with van der Waals surface area (Å²) < 4.78 is 5.69. The van der Waals surface area contributed by atoms with E-state index in [1.807, 2.05) is 35.2 Å². The molecule has 1 aromatic rings. The van der Waals surface area contributed by atoms with Crippen molar-refractivity contribution in [2.75, 3.05) is 11.5 Å². The topological polar surface area (TPSA) is 66.8 Å². The molecule has 162 valence electrons. The Bertz CT molecular complexity index is 787. The fraction of sp³-hybridized carbons (Fsp3) is 0.680. The van der Waals surface area contributed by atoms with Gasteiger partial charge in [-0.15, -0.1) is 0 Å². The first-order chi connectivity index (χ1) is 14.5. The highest BCUT2D eigenvalue weighted by molar-refractivity contribution is 5.96. The fourth-order valence-corrected chi connectivity index (χ4v) is 7.29. The number of ether oxygens (including phenoxy) is 1. The predicted octanol–water partition coefficient (Wildman–Crippen LogP) is 4.23. The number of aliphatic hydroxyl groups is 1. The SMILES string of the molecule is O=C(COC(=O)C12C[C@@H]3C[C@@H](CC(O)(C3)C1)C2)N(c1ccccc1)C1CCCCC1. The molecule has 4 atom stereocenters. The maximum absolute atomic E-state index is 13.2. The van der Waals surface area contributed by atoms with Crippen LogP contribution in [0.5, 0.6) is 0 Å². The molecule has 0 aromatic heterocycles. The number of hydrogen-bond acceptors (Lipinski definition) is 4. The first-order valence-electron chi connectivity index (χ1n) is 11.7. The number of amides is 1. The molecule has 0 aliphatic heterocycles. The van der Waals surface area contributed by atoms with Crippen molar-refractivity contribution in [3.05, 3.63) is 30.3 Å². The van der Waals surface area contributed by atoms with Gasteiger partial charge in [-0.2, -0.15) is 0 Å². The molecule has 1 N–H and O–H groups in total. The molecule has 1 aromatic carbocycles. The van der Waals surface area contributed by atoms with Crippen LogP contribution in [0.15, 0.2) is 30.3 Å². The lowest BCUT2D eigenvalue weighted by atomic mass is 9.48. The lowest BCUT2D eigenvalue weighted by Crippen LogP contribution is -2.58. The van der Waals surface area contributed by atoms with Crippen molar-refractivity contribution in [2.45, 2.75) is 82.3 Å². The first kappa shape index (κ1) is 20.0. The lowest BCUT2D eigenvalue weighted by molar-refractivity contribution is -0.196. The van der Waals surface area contributed by atoms with Crippen molar-refractivity contribution in [3.8, 4) is 0 Å². The van der Waals surface area contributed by atoms with Gasteiger partial charge in [-0.1, -0.05) is 37.5 Å². The van der Waals surface area contributed by atoms with E-state index >= 15 is 0 Å². The number of rotatable bonds is 5. The second kappa shape index (κ2) is 7.67. The molecule has 5 saturated carbocycles. The Kier molecular flexibility index (Phi) is 5.12. The zero-order valence-corrected chi connectivity index (χ0v) is 17.7. The van der Waals surface area contributed by atoms with Gasteiger partial charge >= 0.3 is 5.97 Å². The Balaban J connectivity index is 1.29. The van der Waals surface area contributed by atoms with Crippen LogP contribution >= 0.6 is 0 Å². The van der Waals surface area contributed by atoms with E-state index in [0.717, 1.165) is 63.5 Å². The first-order valence-corrected chi connectivity index (χ1v) is 11.7. The number of benzene rings is 1. The fourth-order valence-electron chi connectivity index (χ4n) is 7.29. The number of esters is 1. The van der Waals surface area contributed by atoms with Crippen LogP contribution < -0.4 is 4.90 Å². The van der Waals surface area contributed by atoms with Gasteiger partial charge in [0.1, 0.15) is 0 Å². The molecule has 0 saturated heterocycles.